The predicted molar refractivity (Wildman–Crippen MR) is 273 cm³/mol. The summed E-state index contributed by atoms with van der Waals surface area (Å²) < 4.78 is 9.18. The number of hydrogen-bond donors (Lipinski definition) is 0. The lowest BCUT2D eigenvalue weighted by atomic mass is 9.33. The van der Waals surface area contributed by atoms with Gasteiger partial charge in [-0.3, -0.25) is 0 Å². The van der Waals surface area contributed by atoms with Gasteiger partial charge in [0.2, 0.25) is 0 Å². The third-order valence-electron chi connectivity index (χ3n) is 13.7. The molecule has 0 fully saturated rings. The Morgan fingerprint density at radius 3 is 1.46 bits per heavy atom. The number of aromatic nitrogens is 1. The number of fused-ring (bicyclic) bond motifs is 10. The zero-order valence-corrected chi connectivity index (χ0v) is 35.3. The van der Waals surface area contributed by atoms with Crippen molar-refractivity contribution in [2.75, 3.05) is 9.80 Å². The lowest BCUT2D eigenvalue weighted by Crippen LogP contribution is -2.61. The van der Waals surface area contributed by atoms with Crippen molar-refractivity contribution in [3.63, 3.8) is 0 Å². The monoisotopic (exact) mass is 827 g/mol. The third-order valence-corrected chi connectivity index (χ3v) is 13.7. The summed E-state index contributed by atoms with van der Waals surface area (Å²) in [7, 11) is 0. The Balaban J connectivity index is 1.18. The Morgan fingerprint density at radius 1 is 0.338 bits per heavy atom. The third kappa shape index (κ3) is 5.21. The second kappa shape index (κ2) is 14.0. The van der Waals surface area contributed by atoms with Crippen molar-refractivity contribution >= 4 is 101 Å². The summed E-state index contributed by atoms with van der Waals surface area (Å²) in [6, 6.07) is 84.1. The first kappa shape index (κ1) is 36.0. The van der Waals surface area contributed by atoms with Crippen LogP contribution >= 0.6 is 0 Å². The van der Waals surface area contributed by atoms with Crippen LogP contribution in [0, 0.1) is 0 Å². The second-order valence-electron chi connectivity index (χ2n) is 17.2. The number of nitrogens with zero attached hydrogens (tertiary/aromatic N) is 3. The van der Waals surface area contributed by atoms with Crippen LogP contribution < -0.4 is 26.2 Å². The molecule has 2 aliphatic heterocycles. The summed E-state index contributed by atoms with van der Waals surface area (Å²) in [5, 5.41) is 4.62. The van der Waals surface area contributed by atoms with Crippen molar-refractivity contribution in [1.82, 2.24) is 4.57 Å². The summed E-state index contributed by atoms with van der Waals surface area (Å²) in [6.45, 7) is -0.0177. The maximum Gasteiger partial charge on any atom is 0.252 e. The fourth-order valence-electron chi connectivity index (χ4n) is 11.1. The van der Waals surface area contributed by atoms with E-state index in [1.165, 1.54) is 66.1 Å². The molecule has 12 aromatic rings. The lowest BCUT2D eigenvalue weighted by Gasteiger charge is -2.44. The minimum absolute atomic E-state index is 0.0177. The first-order chi connectivity index (χ1) is 32.3. The lowest BCUT2D eigenvalue weighted by molar-refractivity contribution is 0.669. The van der Waals surface area contributed by atoms with E-state index in [9.17, 15) is 0 Å². The first-order valence-corrected chi connectivity index (χ1v) is 22.4. The van der Waals surface area contributed by atoms with Crippen LogP contribution in [0.15, 0.2) is 235 Å². The van der Waals surface area contributed by atoms with Crippen LogP contribution in [0.1, 0.15) is 0 Å². The zero-order valence-electron chi connectivity index (χ0n) is 35.3. The van der Waals surface area contributed by atoms with Gasteiger partial charge >= 0.3 is 0 Å². The molecule has 5 heteroatoms. The normalized spacial score (nSPS) is 12.8. The summed E-state index contributed by atoms with van der Waals surface area (Å²) >= 11 is 0. The fraction of sp³-hybridized carbons (Fsp3) is 0. The molecule has 2 aromatic heterocycles. The maximum atomic E-state index is 6.61. The van der Waals surface area contributed by atoms with Gasteiger partial charge in [-0.1, -0.05) is 176 Å². The molecule has 0 aliphatic carbocycles. The topological polar surface area (TPSA) is 24.6 Å². The molecule has 2 aliphatic rings. The maximum absolute atomic E-state index is 6.61. The summed E-state index contributed by atoms with van der Waals surface area (Å²) in [5.74, 6) is 0. The Labute approximate surface area is 376 Å². The molecule has 10 aromatic carbocycles. The molecule has 65 heavy (non-hydrogen) atoms. The highest BCUT2D eigenvalue weighted by Gasteiger charge is 2.44. The molecular weight excluding hydrogens is 789 g/mol. The van der Waals surface area contributed by atoms with Crippen molar-refractivity contribution < 1.29 is 4.42 Å². The Hall–Kier alpha value is -8.54. The van der Waals surface area contributed by atoms with E-state index < -0.39 is 0 Å². The van der Waals surface area contributed by atoms with Gasteiger partial charge in [0.25, 0.3) is 6.71 Å². The molecule has 4 heterocycles. The molecule has 0 saturated heterocycles. The molecule has 0 saturated carbocycles. The van der Waals surface area contributed by atoms with Crippen LogP contribution in [-0.4, -0.2) is 11.3 Å². The average Bonchev–Trinajstić information content (AvgIpc) is 3.93. The molecule has 0 bridgehead atoms. The number of para-hydroxylation sites is 6. The van der Waals surface area contributed by atoms with Crippen molar-refractivity contribution in [1.29, 1.82) is 0 Å². The van der Waals surface area contributed by atoms with E-state index in [2.05, 4.69) is 245 Å². The van der Waals surface area contributed by atoms with Gasteiger partial charge < -0.3 is 18.8 Å². The summed E-state index contributed by atoms with van der Waals surface area (Å²) in [6.07, 6.45) is 0. The van der Waals surface area contributed by atoms with Crippen LogP contribution in [0.3, 0.4) is 0 Å². The van der Waals surface area contributed by atoms with Gasteiger partial charge in [0.1, 0.15) is 11.2 Å². The SMILES string of the molecule is c1ccc(-c2cccc3c4cccc(-c5ccccc5)c4n(-c4cc5c6c(c4)N(c4cccc7oc8ccccc8c47)c4ccccc4B6c4ccccc4N5c4ccccc4)c23)cc1. The number of anilines is 6. The smallest absolute Gasteiger partial charge is 0.252 e. The molecule has 0 amide bonds. The van der Waals surface area contributed by atoms with Gasteiger partial charge in [-0.05, 0) is 82.1 Å². The van der Waals surface area contributed by atoms with E-state index in [-0.39, 0.29) is 6.71 Å². The van der Waals surface area contributed by atoms with Crippen LogP contribution in [0.4, 0.5) is 34.1 Å². The molecule has 4 nitrogen and oxygen atoms in total. The highest BCUT2D eigenvalue weighted by molar-refractivity contribution is 7.00. The number of hydrogen-bond acceptors (Lipinski definition) is 3. The molecule has 0 atom stereocenters. The average molecular weight is 828 g/mol. The minimum Gasteiger partial charge on any atom is -0.456 e. The number of rotatable bonds is 5. The first-order valence-electron chi connectivity index (χ1n) is 22.4. The zero-order chi connectivity index (χ0) is 42.6. The van der Waals surface area contributed by atoms with E-state index in [0.29, 0.717) is 0 Å². The standard InChI is InChI=1S/C60H38BN3O/c1-4-19-39(20-5-1)43-26-16-28-45-46-29-17-27-44(40-21-6-2-7-22-40)60(46)63(59(43)45)42-37-53-58-54(38-42)64(52-34-18-36-56-57(52)47-25-10-15-35-55(47)65-56)51-33-14-12-31-49(51)61(58)48-30-11-13-32-50(48)62(53)41-23-8-3-9-24-41/h1-38H. The predicted octanol–water partition coefficient (Wildman–Crippen LogP) is 14.1. The summed E-state index contributed by atoms with van der Waals surface area (Å²) in [4.78, 5) is 5.03. The minimum atomic E-state index is -0.0177. The van der Waals surface area contributed by atoms with Gasteiger partial charge in [0.15, 0.2) is 0 Å². The van der Waals surface area contributed by atoms with Gasteiger partial charge in [0, 0.05) is 55.7 Å². The van der Waals surface area contributed by atoms with Crippen molar-refractivity contribution in [3.8, 4) is 27.9 Å². The van der Waals surface area contributed by atoms with Gasteiger partial charge in [-0.15, -0.1) is 0 Å². The van der Waals surface area contributed by atoms with Gasteiger partial charge in [0.05, 0.1) is 27.8 Å². The Bertz CT molecular complexity index is 3760. The highest BCUT2D eigenvalue weighted by Crippen LogP contribution is 2.50. The van der Waals surface area contributed by atoms with Gasteiger partial charge in [-0.2, -0.15) is 0 Å². The Morgan fingerprint density at radius 2 is 0.815 bits per heavy atom. The molecule has 302 valence electrons. The quantitative estimate of drug-likeness (QED) is 0.162. The fourth-order valence-corrected chi connectivity index (χ4v) is 11.1. The molecule has 0 unspecified atom stereocenters. The second-order valence-corrected chi connectivity index (χ2v) is 17.2. The van der Waals surface area contributed by atoms with Crippen molar-refractivity contribution in [2.24, 2.45) is 0 Å². The van der Waals surface area contributed by atoms with Crippen LogP contribution in [0.2, 0.25) is 0 Å². The van der Waals surface area contributed by atoms with E-state index >= 15 is 0 Å². The molecule has 0 spiro atoms. The molecule has 0 N–H and O–H groups in total. The van der Waals surface area contributed by atoms with Crippen molar-refractivity contribution in [3.05, 3.63) is 231 Å². The molecule has 14 rings (SSSR count). The Kier molecular flexibility index (Phi) is 7.75. The highest BCUT2D eigenvalue weighted by atomic mass is 16.3. The number of furan rings is 1. The molecule has 0 radical (unpaired) electrons. The largest absolute Gasteiger partial charge is 0.456 e. The van der Waals surface area contributed by atoms with E-state index in [1.807, 2.05) is 0 Å². The van der Waals surface area contributed by atoms with Crippen LogP contribution in [0.25, 0.3) is 71.7 Å². The number of benzene rings is 10. The van der Waals surface area contributed by atoms with Crippen LogP contribution in [0.5, 0.6) is 0 Å². The van der Waals surface area contributed by atoms with Crippen LogP contribution in [-0.2, 0) is 0 Å². The summed E-state index contributed by atoms with van der Waals surface area (Å²) in [5.41, 5.74) is 20.6. The molecular formula is C60H38BN3O. The van der Waals surface area contributed by atoms with E-state index in [0.717, 1.165) is 56.1 Å². The van der Waals surface area contributed by atoms with Gasteiger partial charge in [-0.25, -0.2) is 0 Å². The van der Waals surface area contributed by atoms with E-state index in [4.69, 9.17) is 4.42 Å². The van der Waals surface area contributed by atoms with E-state index in [1.54, 1.807) is 0 Å². The van der Waals surface area contributed by atoms with Crippen molar-refractivity contribution in [2.45, 2.75) is 0 Å².